The van der Waals surface area contributed by atoms with Gasteiger partial charge in [-0.2, -0.15) is 0 Å². The highest BCUT2D eigenvalue weighted by molar-refractivity contribution is 6.09. The van der Waals surface area contributed by atoms with Gasteiger partial charge in [-0.25, -0.2) is 9.97 Å². The number of rotatable bonds is 2. The van der Waals surface area contributed by atoms with Gasteiger partial charge in [0.25, 0.3) is 23.6 Å². The average Bonchev–Trinajstić information content (AvgIpc) is 3.37. The lowest BCUT2D eigenvalue weighted by molar-refractivity contribution is 0.0998. The van der Waals surface area contributed by atoms with Gasteiger partial charge in [-0.15, -0.1) is 0 Å². The Kier molecular flexibility index (Phi) is 13.6. The quantitative estimate of drug-likeness (QED) is 0.133. The number of carbonyl (C=O) groups excluding carboxylic acids is 4. The van der Waals surface area contributed by atoms with Gasteiger partial charge in [0, 0.05) is 57.8 Å². The molecule has 15 rings (SSSR count). The topological polar surface area (TPSA) is 161 Å². The van der Waals surface area contributed by atoms with E-state index in [2.05, 4.69) is 79.8 Å². The fourth-order valence-corrected chi connectivity index (χ4v) is 12.0. The number of ether oxygens (including phenoxy) is 2. The number of nitrogens with one attached hydrogen (secondary N) is 4. The molecule has 2 spiro atoms. The highest BCUT2D eigenvalue weighted by atomic mass is 16.5. The monoisotopic (exact) mass is 967 g/mol. The van der Waals surface area contributed by atoms with Gasteiger partial charge in [0.05, 0.1) is 14.2 Å². The Morgan fingerprint density at radius 2 is 0.556 bits per heavy atom. The zero-order valence-electron chi connectivity index (χ0n) is 43.3. The summed E-state index contributed by atoms with van der Waals surface area (Å²) in [5, 5.41) is 12.5. The molecule has 0 atom stereocenters. The van der Waals surface area contributed by atoms with E-state index in [1.807, 2.05) is 55.4 Å². The second-order valence-electron chi connectivity index (χ2n) is 20.6. The van der Waals surface area contributed by atoms with Gasteiger partial charge in [-0.3, -0.25) is 19.2 Å². The van der Waals surface area contributed by atoms with Gasteiger partial charge in [0.15, 0.2) is 0 Å². The van der Waals surface area contributed by atoms with Crippen LogP contribution in [0.4, 0.5) is 22.7 Å². The van der Waals surface area contributed by atoms with Crippen LogP contribution >= 0.6 is 0 Å². The number of benzene rings is 4. The van der Waals surface area contributed by atoms with Gasteiger partial charge in [-0.05, 0) is 148 Å². The van der Waals surface area contributed by atoms with Crippen LogP contribution in [0.3, 0.4) is 0 Å². The normalized spacial score (nSPS) is 16.7. The van der Waals surface area contributed by atoms with Crippen molar-refractivity contribution in [3.05, 3.63) is 162 Å². The number of anilines is 4. The van der Waals surface area contributed by atoms with E-state index in [1.54, 1.807) is 24.3 Å². The van der Waals surface area contributed by atoms with Crippen molar-refractivity contribution in [1.29, 1.82) is 0 Å². The molecule has 0 saturated heterocycles. The van der Waals surface area contributed by atoms with Crippen molar-refractivity contribution in [3.63, 3.8) is 0 Å². The van der Waals surface area contributed by atoms with E-state index in [0.29, 0.717) is 34.2 Å². The number of amides is 4. The van der Waals surface area contributed by atoms with Crippen molar-refractivity contribution < 1.29 is 28.7 Å². The van der Waals surface area contributed by atoms with Crippen molar-refractivity contribution in [3.8, 4) is 11.5 Å². The van der Waals surface area contributed by atoms with Gasteiger partial charge >= 0.3 is 0 Å². The number of pyridine rings is 2. The van der Waals surface area contributed by atoms with E-state index in [4.69, 9.17) is 9.47 Å². The van der Waals surface area contributed by atoms with E-state index in [9.17, 15) is 19.2 Å². The fourth-order valence-electron chi connectivity index (χ4n) is 12.0. The van der Waals surface area contributed by atoms with Crippen LogP contribution in [0.25, 0.3) is 0 Å². The van der Waals surface area contributed by atoms with Crippen LogP contribution in [-0.2, 0) is 10.8 Å². The van der Waals surface area contributed by atoms with E-state index in [0.717, 1.165) is 131 Å². The smallest absolute Gasteiger partial charge is 0.274 e. The van der Waals surface area contributed by atoms with Crippen molar-refractivity contribution in [1.82, 2.24) is 9.97 Å². The van der Waals surface area contributed by atoms with Crippen LogP contribution in [-0.4, -0.2) is 47.8 Å². The minimum absolute atomic E-state index is 0.0528. The molecule has 12 nitrogen and oxygen atoms in total. The summed E-state index contributed by atoms with van der Waals surface area (Å²) in [5.41, 5.74) is 14.2. The van der Waals surface area contributed by atoms with Crippen molar-refractivity contribution >= 4 is 46.4 Å². The molecular weight excluding hydrogens is 901 g/mol. The van der Waals surface area contributed by atoms with Gasteiger partial charge < -0.3 is 30.7 Å². The largest absolute Gasteiger partial charge is 0.497 e. The molecule has 0 radical (unpaired) electrons. The maximum absolute atomic E-state index is 14.2. The predicted molar refractivity (Wildman–Crippen MR) is 285 cm³/mol. The number of nitrogens with zero attached hydrogens (tertiary/aromatic N) is 2. The number of hydrogen-bond donors (Lipinski definition) is 4. The Hall–Kier alpha value is -7.34. The lowest BCUT2D eigenvalue weighted by atomic mass is 9.64. The number of aromatic nitrogens is 2. The molecule has 9 heterocycles. The molecule has 7 aliphatic heterocycles. The molecular formula is C60H66N6O6. The molecule has 72 heavy (non-hydrogen) atoms. The molecule has 12 bridgehead atoms. The van der Waals surface area contributed by atoms with E-state index in [1.165, 1.54) is 14.2 Å². The average molecular weight is 967 g/mol. The minimum atomic E-state index is -0.458. The molecule has 2 aromatic heterocycles. The Morgan fingerprint density at radius 3 is 0.750 bits per heavy atom. The molecule has 372 valence electrons. The molecule has 4 amide bonds. The summed E-state index contributed by atoms with van der Waals surface area (Å²) in [5.74, 6) is -1.16. The zero-order chi connectivity index (χ0) is 51.2. The number of aryl methyl sites for hydroxylation is 8. The number of carbonyl (C=O) groups is 4. The zero-order valence-corrected chi connectivity index (χ0v) is 43.3. The molecule has 2 aliphatic carbocycles. The van der Waals surface area contributed by atoms with E-state index < -0.39 is 23.6 Å². The summed E-state index contributed by atoms with van der Waals surface area (Å²) in [4.78, 5) is 66.1. The van der Waals surface area contributed by atoms with Crippen LogP contribution in [0.5, 0.6) is 11.5 Å². The van der Waals surface area contributed by atoms with Crippen LogP contribution in [0, 0.1) is 55.4 Å². The van der Waals surface area contributed by atoms with Crippen molar-refractivity contribution in [2.24, 2.45) is 0 Å². The Bertz CT molecular complexity index is 2710. The van der Waals surface area contributed by atoms with Crippen LogP contribution in [0.15, 0.2) is 72.8 Å². The molecule has 2 saturated carbocycles. The van der Waals surface area contributed by atoms with Crippen molar-refractivity contribution in [2.45, 2.75) is 130 Å². The standard InChI is InChI=1S/C60H66N6O6/c1-33-21-41-22-34(2)51(33)63-55(67)47-29-45(71-9)30-48(61-47)56(68)65-53-37(5)25-43(26-38(53)6)60(19-15-12-16-20-60)44-27-39(7)54(40(8)28-44)66-58(70)50-32-46(72-10)31-49(62-50)57(69)64-52-35(3)23-42(24-36(52)4)59(41)17-13-11-14-18-59/h21-32H,11-20H2,1-10H3,(H,63,67)(H,64,69)(H,65,68)(H,66,70). The Balaban J connectivity index is 1.17. The number of methoxy groups -OCH3 is 2. The molecule has 9 aliphatic rings. The molecule has 4 aromatic carbocycles. The minimum Gasteiger partial charge on any atom is -0.497 e. The first kappa shape index (κ1) is 49.6. The second kappa shape index (κ2) is 19.7. The first-order valence-corrected chi connectivity index (χ1v) is 25.3. The third kappa shape index (κ3) is 9.23. The first-order valence-electron chi connectivity index (χ1n) is 25.3. The third-order valence-corrected chi connectivity index (χ3v) is 15.7. The second-order valence-corrected chi connectivity index (χ2v) is 20.6. The summed E-state index contributed by atoms with van der Waals surface area (Å²) >= 11 is 0. The van der Waals surface area contributed by atoms with Gasteiger partial charge in [0.1, 0.15) is 34.3 Å². The summed E-state index contributed by atoms with van der Waals surface area (Å²) in [6.45, 7) is 16.1. The molecule has 2 fully saturated rings. The van der Waals surface area contributed by atoms with Gasteiger partial charge in [0.2, 0.25) is 0 Å². The Labute approximate surface area is 423 Å². The molecule has 12 heteroatoms. The maximum Gasteiger partial charge on any atom is 0.274 e. The summed E-state index contributed by atoms with van der Waals surface area (Å²) in [6.07, 6.45) is 10.2. The summed E-state index contributed by atoms with van der Waals surface area (Å²) < 4.78 is 11.3. The van der Waals surface area contributed by atoms with Crippen LogP contribution in [0.2, 0.25) is 0 Å². The number of hydrogen-bond acceptors (Lipinski definition) is 8. The third-order valence-electron chi connectivity index (χ3n) is 15.7. The predicted octanol–water partition coefficient (Wildman–Crippen LogP) is 12.8. The van der Waals surface area contributed by atoms with Crippen LogP contribution in [0.1, 0.15) is 173 Å². The highest BCUT2D eigenvalue weighted by Crippen LogP contribution is 2.49. The SMILES string of the molecule is COc1cc2nc(c1)C(=O)Nc1c(C)cc(cc1C)C1(CCCCC1)c1cc(C)c(c(C)c1)NC(=O)c1cc(OC)cc(n1)C(=O)Nc1c(C)cc(cc1C)C1(CCCCC1)c1cc(C)c(c(C)c1)NC2=O. The lowest BCUT2D eigenvalue weighted by Crippen LogP contribution is -2.31. The van der Waals surface area contributed by atoms with Gasteiger partial charge in [-0.1, -0.05) is 87.1 Å². The van der Waals surface area contributed by atoms with Crippen molar-refractivity contribution in [2.75, 3.05) is 35.5 Å². The molecule has 6 aromatic rings. The lowest BCUT2D eigenvalue weighted by Gasteiger charge is -2.40. The first-order chi connectivity index (χ1) is 34.4. The summed E-state index contributed by atoms with van der Waals surface area (Å²) in [7, 11) is 3.01. The fraction of sp³-hybridized carbons (Fsp3) is 0.367. The van der Waals surface area contributed by atoms with Crippen LogP contribution < -0.4 is 30.7 Å². The summed E-state index contributed by atoms with van der Waals surface area (Å²) in [6, 6.07) is 23.6. The van der Waals surface area contributed by atoms with E-state index in [-0.39, 0.29) is 33.6 Å². The molecule has 4 N–H and O–H groups in total. The highest BCUT2D eigenvalue weighted by Gasteiger charge is 2.39. The van der Waals surface area contributed by atoms with E-state index >= 15 is 0 Å². The molecule has 0 unspecified atom stereocenters. The maximum atomic E-state index is 14.2. The Morgan fingerprint density at radius 1 is 0.347 bits per heavy atom.